The van der Waals surface area contributed by atoms with Crippen molar-refractivity contribution < 1.29 is 4.74 Å². The van der Waals surface area contributed by atoms with Crippen molar-refractivity contribution in [1.29, 1.82) is 0 Å². The molecule has 0 amide bonds. The zero-order chi connectivity index (χ0) is 14.2. The molecule has 1 aromatic rings. The van der Waals surface area contributed by atoms with Gasteiger partial charge in [0.2, 0.25) is 0 Å². The molecule has 1 aliphatic carbocycles. The van der Waals surface area contributed by atoms with Crippen molar-refractivity contribution in [3.05, 3.63) is 22.8 Å². The summed E-state index contributed by atoms with van der Waals surface area (Å²) in [6.07, 6.45) is 3.79. The molecule has 0 aliphatic heterocycles. The van der Waals surface area contributed by atoms with Crippen molar-refractivity contribution in [3.63, 3.8) is 0 Å². The molecule has 1 aromatic carbocycles. The Balaban J connectivity index is 2.23. The first-order chi connectivity index (χ1) is 8.94. The standard InChI is InChI=1S/C14H16BrI3O/c1-3-14(4-2)11(15)7-12(14)19-13-9(17)5-8(16)6-10(13)18/h5-6,11-12H,3-4,7H2,1-2H3. The van der Waals surface area contributed by atoms with E-state index >= 15 is 0 Å². The molecule has 0 saturated heterocycles. The Bertz CT molecular complexity index is 451. The Morgan fingerprint density at radius 2 is 1.74 bits per heavy atom. The molecule has 0 aromatic heterocycles. The smallest absolute Gasteiger partial charge is 0.146 e. The minimum Gasteiger partial charge on any atom is -0.488 e. The monoisotopic (exact) mass is 660 g/mol. The van der Waals surface area contributed by atoms with Crippen LogP contribution in [-0.4, -0.2) is 10.9 Å². The van der Waals surface area contributed by atoms with E-state index in [-0.39, 0.29) is 0 Å². The maximum atomic E-state index is 6.39. The van der Waals surface area contributed by atoms with Gasteiger partial charge in [-0.05, 0) is 99.2 Å². The van der Waals surface area contributed by atoms with Crippen LogP contribution in [0.4, 0.5) is 0 Å². The summed E-state index contributed by atoms with van der Waals surface area (Å²) in [7, 11) is 0. The van der Waals surface area contributed by atoms with Crippen molar-refractivity contribution in [2.45, 2.75) is 44.0 Å². The van der Waals surface area contributed by atoms with E-state index in [4.69, 9.17) is 4.74 Å². The topological polar surface area (TPSA) is 9.23 Å². The van der Waals surface area contributed by atoms with Crippen LogP contribution in [-0.2, 0) is 0 Å². The van der Waals surface area contributed by atoms with E-state index in [9.17, 15) is 0 Å². The molecule has 0 bridgehead atoms. The van der Waals surface area contributed by atoms with Crippen molar-refractivity contribution >= 4 is 83.7 Å². The highest BCUT2D eigenvalue weighted by Gasteiger charge is 2.53. The Hall–Kier alpha value is 1.69. The van der Waals surface area contributed by atoms with Crippen molar-refractivity contribution in [2.75, 3.05) is 0 Å². The average molecular weight is 661 g/mol. The maximum absolute atomic E-state index is 6.39. The SMILES string of the molecule is CCC1(CC)C(Br)CC1Oc1c(I)cc(I)cc1I. The van der Waals surface area contributed by atoms with Gasteiger partial charge in [0.15, 0.2) is 0 Å². The zero-order valence-corrected chi connectivity index (χ0v) is 18.9. The van der Waals surface area contributed by atoms with E-state index in [1.165, 1.54) is 23.6 Å². The highest BCUT2D eigenvalue weighted by atomic mass is 127. The van der Waals surface area contributed by atoms with E-state index in [2.05, 4.69) is 110 Å². The normalized spacial score (nSPS) is 24.9. The number of benzene rings is 1. The molecule has 0 radical (unpaired) electrons. The van der Waals surface area contributed by atoms with E-state index in [1.807, 2.05) is 0 Å². The van der Waals surface area contributed by atoms with Gasteiger partial charge < -0.3 is 4.74 Å². The van der Waals surface area contributed by atoms with Gasteiger partial charge in [-0.25, -0.2) is 0 Å². The summed E-state index contributed by atoms with van der Waals surface area (Å²) >= 11 is 10.9. The molecular weight excluding hydrogens is 645 g/mol. The molecule has 1 fully saturated rings. The quantitative estimate of drug-likeness (QED) is 0.275. The summed E-state index contributed by atoms with van der Waals surface area (Å²) in [5.41, 5.74) is 0.301. The Morgan fingerprint density at radius 1 is 1.21 bits per heavy atom. The fourth-order valence-corrected chi connectivity index (χ4v) is 7.91. The van der Waals surface area contributed by atoms with Gasteiger partial charge in [0.25, 0.3) is 0 Å². The lowest BCUT2D eigenvalue weighted by Gasteiger charge is -2.52. The van der Waals surface area contributed by atoms with Crippen LogP contribution in [0.25, 0.3) is 0 Å². The first-order valence-corrected chi connectivity index (χ1v) is 10.5. The molecule has 0 spiro atoms. The van der Waals surface area contributed by atoms with E-state index < -0.39 is 0 Å². The lowest BCUT2D eigenvalue weighted by atomic mass is 9.62. The summed E-state index contributed by atoms with van der Waals surface area (Å²) in [6, 6.07) is 4.37. The number of hydrogen-bond donors (Lipinski definition) is 0. The molecule has 1 saturated carbocycles. The Morgan fingerprint density at radius 3 is 2.16 bits per heavy atom. The molecule has 0 N–H and O–H groups in total. The molecule has 2 atom stereocenters. The van der Waals surface area contributed by atoms with Gasteiger partial charge in [0.1, 0.15) is 11.9 Å². The van der Waals surface area contributed by atoms with Crippen LogP contribution >= 0.6 is 83.7 Å². The molecule has 19 heavy (non-hydrogen) atoms. The molecule has 2 rings (SSSR count). The first-order valence-electron chi connectivity index (χ1n) is 6.39. The summed E-state index contributed by atoms with van der Waals surface area (Å²) in [5, 5.41) is 0. The number of halogens is 4. The predicted molar refractivity (Wildman–Crippen MR) is 109 cm³/mol. The molecule has 106 valence electrons. The van der Waals surface area contributed by atoms with Gasteiger partial charge in [-0.1, -0.05) is 29.8 Å². The zero-order valence-electron chi connectivity index (χ0n) is 10.9. The molecule has 2 unspecified atom stereocenters. The van der Waals surface area contributed by atoms with E-state index in [0.29, 0.717) is 16.3 Å². The fraction of sp³-hybridized carbons (Fsp3) is 0.571. The van der Waals surface area contributed by atoms with Gasteiger partial charge >= 0.3 is 0 Å². The summed E-state index contributed by atoms with van der Waals surface area (Å²) in [4.78, 5) is 0.596. The third-order valence-electron chi connectivity index (χ3n) is 4.23. The average Bonchev–Trinajstić information content (AvgIpc) is 2.33. The molecule has 1 aliphatic rings. The third-order valence-corrected chi connectivity index (χ3v) is 7.74. The number of alkyl halides is 1. The highest BCUT2D eigenvalue weighted by Crippen LogP contribution is 2.53. The van der Waals surface area contributed by atoms with E-state index in [0.717, 1.165) is 12.2 Å². The fourth-order valence-electron chi connectivity index (χ4n) is 2.80. The number of rotatable bonds is 4. The summed E-state index contributed by atoms with van der Waals surface area (Å²) in [5.74, 6) is 1.07. The minimum atomic E-state index is 0.301. The van der Waals surface area contributed by atoms with Gasteiger partial charge in [-0.15, -0.1) is 0 Å². The predicted octanol–water partition coefficient (Wildman–Crippen LogP) is 6.22. The molecule has 5 heteroatoms. The second-order valence-corrected chi connectivity index (χ2v) is 9.62. The minimum absolute atomic E-state index is 0.301. The first kappa shape index (κ1) is 17.1. The largest absolute Gasteiger partial charge is 0.488 e. The van der Waals surface area contributed by atoms with Crippen molar-refractivity contribution in [1.82, 2.24) is 0 Å². The summed E-state index contributed by atoms with van der Waals surface area (Å²) < 4.78 is 10.1. The third kappa shape index (κ3) is 3.23. The van der Waals surface area contributed by atoms with Crippen LogP contribution in [0, 0.1) is 16.1 Å². The van der Waals surface area contributed by atoms with Crippen LogP contribution in [0.1, 0.15) is 33.1 Å². The number of hydrogen-bond acceptors (Lipinski definition) is 1. The van der Waals surface area contributed by atoms with Crippen LogP contribution in [0.2, 0.25) is 0 Å². The van der Waals surface area contributed by atoms with Crippen molar-refractivity contribution in [2.24, 2.45) is 5.41 Å². The van der Waals surface area contributed by atoms with Gasteiger partial charge in [-0.3, -0.25) is 0 Å². The van der Waals surface area contributed by atoms with Crippen LogP contribution in [0.3, 0.4) is 0 Å². The number of ether oxygens (including phenoxy) is 1. The van der Waals surface area contributed by atoms with Crippen molar-refractivity contribution in [3.8, 4) is 5.75 Å². The van der Waals surface area contributed by atoms with E-state index in [1.54, 1.807) is 0 Å². The lowest BCUT2D eigenvalue weighted by molar-refractivity contribution is -0.0420. The van der Waals surface area contributed by atoms with Gasteiger partial charge in [-0.2, -0.15) is 0 Å². The second kappa shape index (κ2) is 6.85. The van der Waals surface area contributed by atoms with Crippen LogP contribution in [0.5, 0.6) is 5.75 Å². The second-order valence-electron chi connectivity index (χ2n) is 4.95. The van der Waals surface area contributed by atoms with Gasteiger partial charge in [0, 0.05) is 13.8 Å². The lowest BCUT2D eigenvalue weighted by Crippen LogP contribution is -2.56. The molecule has 0 heterocycles. The Kier molecular flexibility index (Phi) is 6.15. The summed E-state index contributed by atoms with van der Waals surface area (Å²) in [6.45, 7) is 4.55. The molecular formula is C14H16BrI3O. The highest BCUT2D eigenvalue weighted by molar-refractivity contribution is 14.1. The van der Waals surface area contributed by atoms with Crippen LogP contribution < -0.4 is 4.74 Å². The Labute approximate surface area is 164 Å². The van der Waals surface area contributed by atoms with Gasteiger partial charge in [0.05, 0.1) is 7.14 Å². The van der Waals surface area contributed by atoms with Crippen LogP contribution in [0.15, 0.2) is 12.1 Å². The molecule has 1 nitrogen and oxygen atoms in total. The maximum Gasteiger partial charge on any atom is 0.146 e.